The second-order valence-corrected chi connectivity index (χ2v) is 8.70. The molecule has 158 valence electrons. The Morgan fingerprint density at radius 3 is 2.57 bits per heavy atom. The number of hydrogen-bond acceptors (Lipinski definition) is 6. The van der Waals surface area contributed by atoms with Gasteiger partial charge in [-0.25, -0.2) is 9.78 Å². The molecule has 4 rings (SSSR count). The molecule has 0 bridgehead atoms. The number of anilines is 2. The Labute approximate surface area is 174 Å². The van der Waals surface area contributed by atoms with Crippen molar-refractivity contribution in [1.82, 2.24) is 15.3 Å². The molecule has 2 aromatic carbocycles. The molecule has 1 heterocycles. The molecule has 30 heavy (non-hydrogen) atoms. The van der Waals surface area contributed by atoms with Crippen LogP contribution in [0, 0.1) is 0 Å². The van der Waals surface area contributed by atoms with E-state index in [4.69, 9.17) is 4.18 Å². The first-order valence-corrected chi connectivity index (χ1v) is 11.1. The van der Waals surface area contributed by atoms with Crippen LogP contribution in [0.15, 0.2) is 47.4 Å². The normalized spacial score (nSPS) is 14.6. The Balaban J connectivity index is 1.48. The fraction of sp³-hybridized carbons (Fsp3) is 0.300. The summed E-state index contributed by atoms with van der Waals surface area (Å²) in [6.45, 7) is 0. The van der Waals surface area contributed by atoms with Crippen LogP contribution >= 0.6 is 0 Å². The molecule has 1 aliphatic rings. The lowest BCUT2D eigenvalue weighted by Crippen LogP contribution is -2.24. The van der Waals surface area contributed by atoms with Crippen LogP contribution in [0.4, 0.5) is 16.4 Å². The SMILES string of the molecule is CNC(=O)Nc1nc2ccc(OS(=O)(=O)c3ccc(NC4CCCC4)cc3)cc2[nH]1. The van der Waals surface area contributed by atoms with Crippen LogP contribution in [-0.2, 0) is 10.1 Å². The molecular formula is C20H23N5O4S. The lowest BCUT2D eigenvalue weighted by Gasteiger charge is -2.14. The number of imidazole rings is 1. The number of nitrogens with zero attached hydrogens (tertiary/aromatic N) is 1. The molecule has 1 aliphatic carbocycles. The summed E-state index contributed by atoms with van der Waals surface area (Å²) in [6.07, 6.45) is 4.73. The van der Waals surface area contributed by atoms with E-state index in [9.17, 15) is 13.2 Å². The molecule has 2 amide bonds. The van der Waals surface area contributed by atoms with Gasteiger partial charge in [-0.15, -0.1) is 0 Å². The van der Waals surface area contributed by atoms with Crippen LogP contribution in [0.25, 0.3) is 11.0 Å². The third kappa shape index (κ3) is 4.48. The number of aromatic nitrogens is 2. The number of benzene rings is 2. The first kappa shape index (κ1) is 20.0. The van der Waals surface area contributed by atoms with Gasteiger partial charge in [0.05, 0.1) is 11.0 Å². The van der Waals surface area contributed by atoms with Crippen molar-refractivity contribution in [2.45, 2.75) is 36.6 Å². The maximum absolute atomic E-state index is 12.6. The molecule has 0 atom stereocenters. The Bertz CT molecular complexity index is 1150. The van der Waals surface area contributed by atoms with Crippen molar-refractivity contribution in [3.05, 3.63) is 42.5 Å². The molecular weight excluding hydrogens is 406 g/mol. The average Bonchev–Trinajstić information content (AvgIpc) is 3.37. The first-order chi connectivity index (χ1) is 14.4. The molecule has 1 fully saturated rings. The molecule has 1 saturated carbocycles. The molecule has 0 aliphatic heterocycles. The summed E-state index contributed by atoms with van der Waals surface area (Å²) < 4.78 is 30.6. The van der Waals surface area contributed by atoms with E-state index in [0.717, 1.165) is 18.5 Å². The van der Waals surface area contributed by atoms with Gasteiger partial charge in [-0.1, -0.05) is 12.8 Å². The van der Waals surface area contributed by atoms with Gasteiger partial charge < -0.3 is 19.8 Å². The zero-order chi connectivity index (χ0) is 21.1. The lowest BCUT2D eigenvalue weighted by molar-refractivity contribution is 0.254. The second-order valence-electron chi connectivity index (χ2n) is 7.16. The molecule has 9 nitrogen and oxygen atoms in total. The highest BCUT2D eigenvalue weighted by Gasteiger charge is 2.19. The Kier molecular flexibility index (Phi) is 5.49. The average molecular weight is 430 g/mol. The predicted molar refractivity (Wildman–Crippen MR) is 114 cm³/mol. The number of urea groups is 1. The van der Waals surface area contributed by atoms with Crippen LogP contribution in [0.5, 0.6) is 5.75 Å². The maximum atomic E-state index is 12.6. The number of hydrogen-bond donors (Lipinski definition) is 4. The third-order valence-electron chi connectivity index (χ3n) is 4.99. The number of rotatable bonds is 6. The van der Waals surface area contributed by atoms with Gasteiger partial charge in [0, 0.05) is 24.8 Å². The standard InChI is InChI=1S/C20H23N5O4S/c1-21-20(26)25-19-23-17-11-8-15(12-18(17)24-19)29-30(27,28)16-9-6-14(7-10-16)22-13-4-2-3-5-13/h6-13,22H,2-5H2,1H3,(H3,21,23,24,25,26). The second kappa shape index (κ2) is 8.23. The van der Waals surface area contributed by atoms with E-state index < -0.39 is 16.1 Å². The summed E-state index contributed by atoms with van der Waals surface area (Å²) in [4.78, 5) is 18.6. The van der Waals surface area contributed by atoms with E-state index in [2.05, 4.69) is 25.9 Å². The lowest BCUT2D eigenvalue weighted by atomic mass is 10.2. The fourth-order valence-electron chi connectivity index (χ4n) is 3.47. The molecule has 3 aromatic rings. The Morgan fingerprint density at radius 1 is 1.13 bits per heavy atom. The van der Waals surface area contributed by atoms with Crippen LogP contribution in [0.3, 0.4) is 0 Å². The highest BCUT2D eigenvalue weighted by atomic mass is 32.2. The van der Waals surface area contributed by atoms with Gasteiger partial charge >= 0.3 is 16.1 Å². The van der Waals surface area contributed by atoms with Crippen LogP contribution in [-0.4, -0.2) is 37.5 Å². The summed E-state index contributed by atoms with van der Waals surface area (Å²) in [5, 5.41) is 8.38. The van der Waals surface area contributed by atoms with Gasteiger partial charge in [-0.3, -0.25) is 5.32 Å². The molecule has 0 unspecified atom stereocenters. The van der Waals surface area contributed by atoms with Gasteiger partial charge in [0.15, 0.2) is 0 Å². The van der Waals surface area contributed by atoms with Crippen molar-refractivity contribution >= 4 is 38.8 Å². The highest BCUT2D eigenvalue weighted by Crippen LogP contribution is 2.26. The molecule has 0 radical (unpaired) electrons. The number of carbonyl (C=O) groups excluding carboxylic acids is 1. The van der Waals surface area contributed by atoms with Crippen molar-refractivity contribution in [3.63, 3.8) is 0 Å². The number of H-pyrrole nitrogens is 1. The molecule has 0 spiro atoms. The zero-order valence-corrected chi connectivity index (χ0v) is 17.3. The highest BCUT2D eigenvalue weighted by molar-refractivity contribution is 7.87. The summed E-state index contributed by atoms with van der Waals surface area (Å²) >= 11 is 0. The molecule has 0 saturated heterocycles. The minimum atomic E-state index is -3.98. The Hall–Kier alpha value is -3.27. The molecule has 4 N–H and O–H groups in total. The molecule has 1 aromatic heterocycles. The van der Waals surface area contributed by atoms with Crippen molar-refractivity contribution in [3.8, 4) is 5.75 Å². The van der Waals surface area contributed by atoms with E-state index in [1.165, 1.54) is 44.2 Å². The van der Waals surface area contributed by atoms with Crippen molar-refractivity contribution in [1.29, 1.82) is 0 Å². The van der Waals surface area contributed by atoms with E-state index >= 15 is 0 Å². The van der Waals surface area contributed by atoms with Crippen LogP contribution < -0.4 is 20.1 Å². The topological polar surface area (TPSA) is 125 Å². The number of amides is 2. The van der Waals surface area contributed by atoms with Gasteiger partial charge in [0.1, 0.15) is 10.6 Å². The minimum Gasteiger partial charge on any atom is -0.382 e. The van der Waals surface area contributed by atoms with Gasteiger partial charge in [0.2, 0.25) is 5.95 Å². The quantitative estimate of drug-likeness (QED) is 0.445. The minimum absolute atomic E-state index is 0.0751. The van der Waals surface area contributed by atoms with Gasteiger partial charge in [-0.05, 0) is 49.2 Å². The summed E-state index contributed by atoms with van der Waals surface area (Å²) in [5.41, 5.74) is 1.99. The van der Waals surface area contributed by atoms with E-state index in [1.54, 1.807) is 18.2 Å². The number of aromatic amines is 1. The maximum Gasteiger partial charge on any atom is 0.339 e. The van der Waals surface area contributed by atoms with Crippen molar-refractivity contribution < 1.29 is 17.4 Å². The number of carbonyl (C=O) groups is 1. The fourth-order valence-corrected chi connectivity index (χ4v) is 4.39. The summed E-state index contributed by atoms with van der Waals surface area (Å²) in [6, 6.07) is 11.3. The number of nitrogens with one attached hydrogen (secondary N) is 4. The van der Waals surface area contributed by atoms with Gasteiger partial charge in [-0.2, -0.15) is 8.42 Å². The third-order valence-corrected chi connectivity index (χ3v) is 6.25. The monoisotopic (exact) mass is 429 g/mol. The van der Waals surface area contributed by atoms with Crippen LogP contribution in [0.1, 0.15) is 25.7 Å². The smallest absolute Gasteiger partial charge is 0.339 e. The number of fused-ring (bicyclic) bond motifs is 1. The zero-order valence-electron chi connectivity index (χ0n) is 16.4. The predicted octanol–water partition coefficient (Wildman–Crippen LogP) is 3.44. The van der Waals surface area contributed by atoms with Crippen molar-refractivity contribution in [2.24, 2.45) is 0 Å². The van der Waals surface area contributed by atoms with Crippen LogP contribution in [0.2, 0.25) is 0 Å². The van der Waals surface area contributed by atoms with E-state index in [-0.39, 0.29) is 16.6 Å². The van der Waals surface area contributed by atoms with Gasteiger partial charge in [0.25, 0.3) is 0 Å². The first-order valence-electron chi connectivity index (χ1n) is 9.72. The summed E-state index contributed by atoms with van der Waals surface area (Å²) in [5.74, 6) is 0.389. The van der Waals surface area contributed by atoms with E-state index in [1.807, 2.05) is 0 Å². The van der Waals surface area contributed by atoms with E-state index in [0.29, 0.717) is 17.1 Å². The summed E-state index contributed by atoms with van der Waals surface area (Å²) in [7, 11) is -2.49. The molecule has 10 heteroatoms. The van der Waals surface area contributed by atoms with Crippen molar-refractivity contribution in [2.75, 3.05) is 17.7 Å². The largest absolute Gasteiger partial charge is 0.382 e. The Morgan fingerprint density at radius 2 is 1.87 bits per heavy atom.